The number of amides is 1. The normalized spacial score (nSPS) is 23.1. The molecule has 1 aliphatic rings. The summed E-state index contributed by atoms with van der Waals surface area (Å²) in [6, 6.07) is 5.90. The Morgan fingerprint density at radius 2 is 2.22 bits per heavy atom. The lowest BCUT2D eigenvalue weighted by molar-refractivity contribution is -0.120. The summed E-state index contributed by atoms with van der Waals surface area (Å²) in [7, 11) is 1.85. The third-order valence-electron chi connectivity index (χ3n) is 3.23. The third kappa shape index (κ3) is 2.91. The summed E-state index contributed by atoms with van der Waals surface area (Å²) in [5.74, 6) is -0.115. The Labute approximate surface area is 115 Å². The minimum absolute atomic E-state index is 0.0114. The lowest BCUT2D eigenvalue weighted by Gasteiger charge is -2.17. The van der Waals surface area contributed by atoms with E-state index in [1.54, 1.807) is 0 Å². The first-order valence-electron chi connectivity index (χ1n) is 5.94. The molecule has 1 amide bonds. The number of benzene rings is 1. The van der Waals surface area contributed by atoms with E-state index in [-0.39, 0.29) is 17.9 Å². The monoisotopic (exact) mass is 312 g/mol. The Morgan fingerprint density at radius 3 is 2.89 bits per heavy atom. The summed E-state index contributed by atoms with van der Waals surface area (Å²) >= 11 is 3.41. The average Bonchev–Trinajstić information content (AvgIpc) is 2.81. The fourth-order valence-electron chi connectivity index (χ4n) is 2.09. The summed E-state index contributed by atoms with van der Waals surface area (Å²) in [5, 5.41) is 6.07. The van der Waals surface area contributed by atoms with Crippen molar-refractivity contribution in [2.45, 2.75) is 13.0 Å². The molecule has 2 atom stereocenters. The molecule has 0 bridgehead atoms. The first-order valence-corrected chi connectivity index (χ1v) is 6.73. The zero-order valence-corrected chi connectivity index (χ0v) is 12.1. The molecular formula is C13H17BrN2O2. The van der Waals surface area contributed by atoms with Gasteiger partial charge in [-0.05, 0) is 37.7 Å². The van der Waals surface area contributed by atoms with Crippen molar-refractivity contribution in [3.63, 3.8) is 0 Å². The number of ether oxygens (including phenoxy) is 1. The van der Waals surface area contributed by atoms with Crippen LogP contribution in [0.3, 0.4) is 0 Å². The largest absolute Gasteiger partial charge is 0.379 e. The van der Waals surface area contributed by atoms with Crippen molar-refractivity contribution in [3.05, 3.63) is 28.2 Å². The number of anilines is 1. The lowest BCUT2D eigenvalue weighted by atomic mass is 10.0. The molecule has 98 valence electrons. The molecule has 2 N–H and O–H groups in total. The first-order chi connectivity index (χ1) is 8.61. The van der Waals surface area contributed by atoms with Gasteiger partial charge in [0.25, 0.3) is 0 Å². The third-order valence-corrected chi connectivity index (χ3v) is 3.73. The van der Waals surface area contributed by atoms with Crippen molar-refractivity contribution < 1.29 is 9.53 Å². The second-order valence-electron chi connectivity index (χ2n) is 4.49. The molecule has 1 aromatic rings. The molecule has 1 saturated heterocycles. The maximum Gasteiger partial charge on any atom is 0.231 e. The second kappa shape index (κ2) is 5.82. The molecule has 1 aliphatic heterocycles. The van der Waals surface area contributed by atoms with Gasteiger partial charge in [-0.1, -0.05) is 15.9 Å². The van der Waals surface area contributed by atoms with Crippen molar-refractivity contribution in [2.75, 3.05) is 25.6 Å². The van der Waals surface area contributed by atoms with Crippen molar-refractivity contribution in [3.8, 4) is 0 Å². The van der Waals surface area contributed by atoms with E-state index in [0.717, 1.165) is 15.7 Å². The van der Waals surface area contributed by atoms with Gasteiger partial charge in [-0.15, -0.1) is 0 Å². The maximum absolute atomic E-state index is 12.2. The first kappa shape index (κ1) is 13.5. The van der Waals surface area contributed by atoms with Crippen molar-refractivity contribution in [2.24, 2.45) is 5.92 Å². The number of halogens is 1. The van der Waals surface area contributed by atoms with Crippen LogP contribution in [0.5, 0.6) is 0 Å². The van der Waals surface area contributed by atoms with Crippen LogP contribution in [0, 0.1) is 12.8 Å². The van der Waals surface area contributed by atoms with Crippen molar-refractivity contribution >= 4 is 27.5 Å². The maximum atomic E-state index is 12.2. The predicted octanol–water partition coefficient (Wildman–Crippen LogP) is 1.93. The van der Waals surface area contributed by atoms with Gasteiger partial charge in [-0.25, -0.2) is 0 Å². The molecule has 0 spiro atoms. The van der Waals surface area contributed by atoms with E-state index in [9.17, 15) is 4.79 Å². The highest BCUT2D eigenvalue weighted by Crippen LogP contribution is 2.22. The molecule has 0 saturated carbocycles. The molecule has 0 radical (unpaired) electrons. The number of rotatable bonds is 3. The van der Waals surface area contributed by atoms with Gasteiger partial charge in [0.05, 0.1) is 19.1 Å². The number of hydrogen-bond acceptors (Lipinski definition) is 3. The molecule has 0 aromatic heterocycles. The van der Waals surface area contributed by atoms with E-state index in [1.807, 2.05) is 32.2 Å². The fraction of sp³-hybridized carbons (Fsp3) is 0.462. The SMILES string of the molecule is CNC1COCC1C(=O)Nc1ccc(Br)cc1C. The van der Waals surface area contributed by atoms with Crippen LogP contribution in [-0.4, -0.2) is 32.2 Å². The molecule has 4 nitrogen and oxygen atoms in total. The standard InChI is InChI=1S/C13H17BrN2O2/c1-8-5-9(14)3-4-11(8)16-13(17)10-6-18-7-12(10)15-2/h3-5,10,12,15H,6-7H2,1-2H3,(H,16,17). The van der Waals surface area contributed by atoms with E-state index in [2.05, 4.69) is 26.6 Å². The second-order valence-corrected chi connectivity index (χ2v) is 5.40. The van der Waals surface area contributed by atoms with Gasteiger partial charge in [0.1, 0.15) is 0 Å². The van der Waals surface area contributed by atoms with Crippen LogP contribution in [0.25, 0.3) is 0 Å². The number of carbonyl (C=O) groups excluding carboxylic acids is 1. The van der Waals surface area contributed by atoms with Gasteiger partial charge in [0.15, 0.2) is 0 Å². The summed E-state index contributed by atoms with van der Waals surface area (Å²) in [6.45, 7) is 3.04. The van der Waals surface area contributed by atoms with Gasteiger partial charge in [0, 0.05) is 16.2 Å². The zero-order valence-electron chi connectivity index (χ0n) is 10.5. The minimum atomic E-state index is -0.127. The van der Waals surface area contributed by atoms with Crippen LogP contribution >= 0.6 is 15.9 Å². The number of hydrogen-bond donors (Lipinski definition) is 2. The Balaban J connectivity index is 2.07. The molecular weight excluding hydrogens is 296 g/mol. The molecule has 1 aromatic carbocycles. The summed E-state index contributed by atoms with van der Waals surface area (Å²) in [6.07, 6.45) is 0. The summed E-state index contributed by atoms with van der Waals surface area (Å²) in [4.78, 5) is 12.2. The van der Waals surface area contributed by atoms with Gasteiger partial charge in [-0.2, -0.15) is 0 Å². The fourth-order valence-corrected chi connectivity index (χ4v) is 2.57. The number of carbonyl (C=O) groups is 1. The average molecular weight is 313 g/mol. The highest BCUT2D eigenvalue weighted by molar-refractivity contribution is 9.10. The van der Waals surface area contributed by atoms with Crippen LogP contribution in [-0.2, 0) is 9.53 Å². The molecule has 2 rings (SSSR count). The Bertz CT molecular complexity index is 451. The Hall–Kier alpha value is -0.910. The van der Waals surface area contributed by atoms with E-state index in [0.29, 0.717) is 13.2 Å². The van der Waals surface area contributed by atoms with Crippen LogP contribution in [0.1, 0.15) is 5.56 Å². The predicted molar refractivity (Wildman–Crippen MR) is 74.7 cm³/mol. The van der Waals surface area contributed by atoms with Crippen LogP contribution in [0.2, 0.25) is 0 Å². The van der Waals surface area contributed by atoms with E-state index in [1.165, 1.54) is 0 Å². The zero-order chi connectivity index (χ0) is 13.1. The Kier molecular flexibility index (Phi) is 4.37. The molecule has 0 aliphatic carbocycles. The van der Waals surface area contributed by atoms with Crippen LogP contribution in [0.4, 0.5) is 5.69 Å². The van der Waals surface area contributed by atoms with E-state index in [4.69, 9.17) is 4.74 Å². The highest BCUT2D eigenvalue weighted by Gasteiger charge is 2.33. The number of nitrogens with one attached hydrogen (secondary N) is 2. The van der Waals surface area contributed by atoms with Crippen molar-refractivity contribution in [1.29, 1.82) is 0 Å². The minimum Gasteiger partial charge on any atom is -0.379 e. The number of aryl methyl sites for hydroxylation is 1. The van der Waals surface area contributed by atoms with Gasteiger partial charge < -0.3 is 15.4 Å². The highest BCUT2D eigenvalue weighted by atomic mass is 79.9. The smallest absolute Gasteiger partial charge is 0.231 e. The van der Waals surface area contributed by atoms with Gasteiger partial charge >= 0.3 is 0 Å². The topological polar surface area (TPSA) is 50.4 Å². The van der Waals surface area contributed by atoms with Gasteiger partial charge in [0.2, 0.25) is 5.91 Å². The van der Waals surface area contributed by atoms with Crippen LogP contribution < -0.4 is 10.6 Å². The quantitative estimate of drug-likeness (QED) is 0.896. The Morgan fingerprint density at radius 1 is 1.44 bits per heavy atom. The van der Waals surface area contributed by atoms with Crippen molar-refractivity contribution in [1.82, 2.24) is 5.32 Å². The molecule has 2 unspecified atom stereocenters. The molecule has 18 heavy (non-hydrogen) atoms. The lowest BCUT2D eigenvalue weighted by Crippen LogP contribution is -2.39. The summed E-state index contributed by atoms with van der Waals surface area (Å²) in [5.41, 5.74) is 1.89. The van der Waals surface area contributed by atoms with E-state index < -0.39 is 0 Å². The molecule has 1 fully saturated rings. The summed E-state index contributed by atoms with van der Waals surface area (Å²) < 4.78 is 6.35. The van der Waals surface area contributed by atoms with E-state index >= 15 is 0 Å². The number of likely N-dealkylation sites (N-methyl/N-ethyl adjacent to an activating group) is 1. The van der Waals surface area contributed by atoms with Gasteiger partial charge in [-0.3, -0.25) is 4.79 Å². The molecule has 1 heterocycles. The molecule has 5 heteroatoms. The van der Waals surface area contributed by atoms with Crippen LogP contribution in [0.15, 0.2) is 22.7 Å².